The van der Waals surface area contributed by atoms with Crippen molar-refractivity contribution in [3.05, 3.63) is 132 Å². The van der Waals surface area contributed by atoms with Crippen LogP contribution < -0.4 is 4.74 Å². The van der Waals surface area contributed by atoms with Gasteiger partial charge in [-0.3, -0.25) is 4.68 Å². The van der Waals surface area contributed by atoms with Gasteiger partial charge in [0.15, 0.2) is 0 Å². The molecule has 5 nitrogen and oxygen atoms in total. The van der Waals surface area contributed by atoms with E-state index in [-0.39, 0.29) is 31.3 Å². The summed E-state index contributed by atoms with van der Waals surface area (Å²) >= 11 is 0. The molecule has 3 heterocycles. The van der Waals surface area contributed by atoms with Crippen molar-refractivity contribution >= 4 is 21.8 Å². The number of hydrogen-bond acceptors (Lipinski definition) is 3. The van der Waals surface area contributed by atoms with Crippen LogP contribution in [0.3, 0.4) is 0 Å². The number of para-hydroxylation sites is 1. The second-order valence-corrected chi connectivity index (χ2v) is 15.0. The summed E-state index contributed by atoms with van der Waals surface area (Å²) in [7, 11) is 0. The van der Waals surface area contributed by atoms with Crippen LogP contribution in [0.1, 0.15) is 77.4 Å². The Morgan fingerprint density at radius 1 is 0.760 bits per heavy atom. The SMILES string of the molecule is CCCc1nn(-c2[c-]c(Oc3[c-]c4c(cc3)c3ccccc3n4-c3cc(C)ccn3)ccc2)c(C(C)(C)C)c1-c1ccc(C(C)(C)C)cc1.[Pd+2]. The summed E-state index contributed by atoms with van der Waals surface area (Å²) in [4.78, 5) is 4.71. The van der Waals surface area contributed by atoms with Gasteiger partial charge in [0.2, 0.25) is 0 Å². The third kappa shape index (κ3) is 6.68. The van der Waals surface area contributed by atoms with Gasteiger partial charge in [0.05, 0.1) is 11.4 Å². The van der Waals surface area contributed by atoms with Gasteiger partial charge in [-0.1, -0.05) is 103 Å². The maximum atomic E-state index is 6.51. The summed E-state index contributed by atoms with van der Waals surface area (Å²) < 4.78 is 10.8. The van der Waals surface area contributed by atoms with Gasteiger partial charge >= 0.3 is 20.4 Å². The van der Waals surface area contributed by atoms with E-state index in [1.807, 2.05) is 30.5 Å². The first-order chi connectivity index (χ1) is 23.4. The largest absolute Gasteiger partial charge is 2.00 e. The molecule has 0 fully saturated rings. The van der Waals surface area contributed by atoms with Crippen molar-refractivity contribution in [3.8, 4) is 34.1 Å². The van der Waals surface area contributed by atoms with Gasteiger partial charge in [0.25, 0.3) is 0 Å². The van der Waals surface area contributed by atoms with Crippen LogP contribution in [0.15, 0.2) is 97.2 Å². The Hall–Kier alpha value is -4.50. The number of benzene rings is 4. The Bertz CT molecular complexity index is 2300. The minimum atomic E-state index is -0.183. The van der Waals surface area contributed by atoms with Crippen molar-refractivity contribution in [2.75, 3.05) is 0 Å². The third-order valence-corrected chi connectivity index (χ3v) is 9.08. The zero-order chi connectivity index (χ0) is 34.5. The molecule has 0 spiro atoms. The second kappa shape index (κ2) is 13.7. The van der Waals surface area contributed by atoms with Gasteiger partial charge in [0.1, 0.15) is 5.82 Å². The van der Waals surface area contributed by atoms with E-state index in [0.717, 1.165) is 63.1 Å². The first-order valence-electron chi connectivity index (χ1n) is 17.2. The molecule has 0 unspecified atom stereocenters. The van der Waals surface area contributed by atoms with E-state index < -0.39 is 0 Å². The van der Waals surface area contributed by atoms with Crippen LogP contribution in [0.5, 0.6) is 11.5 Å². The summed E-state index contributed by atoms with van der Waals surface area (Å²) in [6, 6.07) is 38.8. The second-order valence-electron chi connectivity index (χ2n) is 15.0. The average Bonchev–Trinajstić information content (AvgIpc) is 3.61. The van der Waals surface area contributed by atoms with Crippen LogP contribution in [0.25, 0.3) is 44.4 Å². The fourth-order valence-electron chi connectivity index (χ4n) is 6.73. The Morgan fingerprint density at radius 2 is 1.50 bits per heavy atom. The van der Waals surface area contributed by atoms with Gasteiger partial charge in [-0.15, -0.1) is 35.7 Å². The normalized spacial score (nSPS) is 12.0. The average molecular weight is 751 g/mol. The van der Waals surface area contributed by atoms with Crippen molar-refractivity contribution in [2.24, 2.45) is 0 Å². The number of nitrogens with zero attached hydrogens (tertiary/aromatic N) is 4. The number of aromatic nitrogens is 4. The van der Waals surface area contributed by atoms with Gasteiger partial charge in [0, 0.05) is 34.2 Å². The fraction of sp³-hybridized carbons (Fsp3) is 0.273. The van der Waals surface area contributed by atoms with E-state index in [9.17, 15) is 0 Å². The van der Waals surface area contributed by atoms with Crippen LogP contribution >= 0.6 is 0 Å². The van der Waals surface area contributed by atoms with Crippen LogP contribution in [0.2, 0.25) is 0 Å². The van der Waals surface area contributed by atoms with Crippen molar-refractivity contribution in [2.45, 2.75) is 79.1 Å². The molecule has 0 atom stereocenters. The van der Waals surface area contributed by atoms with Gasteiger partial charge < -0.3 is 9.30 Å². The monoisotopic (exact) mass is 750 g/mol. The Labute approximate surface area is 310 Å². The molecule has 0 radical (unpaired) electrons. The van der Waals surface area contributed by atoms with Crippen molar-refractivity contribution in [3.63, 3.8) is 0 Å². The molecule has 256 valence electrons. The number of rotatable bonds is 7. The molecule has 4 aromatic carbocycles. The summed E-state index contributed by atoms with van der Waals surface area (Å²) in [6.07, 6.45) is 3.75. The minimum Gasteiger partial charge on any atom is -0.509 e. The first kappa shape index (κ1) is 35.3. The van der Waals surface area contributed by atoms with Gasteiger partial charge in [-0.2, -0.15) is 17.2 Å². The van der Waals surface area contributed by atoms with Crippen molar-refractivity contribution in [1.82, 2.24) is 19.3 Å². The van der Waals surface area contributed by atoms with Crippen molar-refractivity contribution < 1.29 is 25.2 Å². The summed E-state index contributed by atoms with van der Waals surface area (Å²) in [6.45, 7) is 17.8. The molecule has 0 aliphatic heterocycles. The molecule has 0 saturated heterocycles. The molecule has 6 heteroatoms. The molecular weight excluding hydrogens is 707 g/mol. The Balaban J connectivity index is 0.00000432. The zero-order valence-electron chi connectivity index (χ0n) is 30.2. The smallest absolute Gasteiger partial charge is 0.509 e. The molecule has 7 aromatic rings. The molecule has 0 aliphatic carbocycles. The molecule has 0 N–H and O–H groups in total. The summed E-state index contributed by atoms with van der Waals surface area (Å²) in [5.74, 6) is 2.07. The number of aryl methyl sites for hydroxylation is 2. The van der Waals surface area contributed by atoms with Crippen LogP contribution in [-0.2, 0) is 37.7 Å². The summed E-state index contributed by atoms with van der Waals surface area (Å²) in [5.41, 5.74) is 9.90. The molecule has 0 amide bonds. The Kier molecular flexibility index (Phi) is 9.66. The van der Waals surface area contributed by atoms with Crippen LogP contribution in [-0.4, -0.2) is 19.3 Å². The molecule has 3 aromatic heterocycles. The molecule has 7 rings (SSSR count). The number of ether oxygens (including phenoxy) is 1. The van der Waals surface area contributed by atoms with E-state index >= 15 is 0 Å². The molecule has 0 bridgehead atoms. The molecule has 0 saturated carbocycles. The third-order valence-electron chi connectivity index (χ3n) is 9.08. The Morgan fingerprint density at radius 3 is 2.20 bits per heavy atom. The van der Waals surface area contributed by atoms with Crippen LogP contribution in [0.4, 0.5) is 0 Å². The van der Waals surface area contributed by atoms with Crippen LogP contribution in [0, 0.1) is 19.1 Å². The quantitative estimate of drug-likeness (QED) is 0.120. The first-order valence-corrected chi connectivity index (χ1v) is 17.2. The molecular formula is C44H44N4OPd. The maximum Gasteiger partial charge on any atom is 2.00 e. The predicted molar refractivity (Wildman–Crippen MR) is 201 cm³/mol. The van der Waals surface area contributed by atoms with E-state index in [0.29, 0.717) is 11.5 Å². The zero-order valence-corrected chi connectivity index (χ0v) is 31.7. The predicted octanol–water partition coefficient (Wildman–Crippen LogP) is 11.3. The fourth-order valence-corrected chi connectivity index (χ4v) is 6.73. The van der Waals surface area contributed by atoms with E-state index in [4.69, 9.17) is 14.8 Å². The summed E-state index contributed by atoms with van der Waals surface area (Å²) in [5, 5.41) is 7.51. The van der Waals surface area contributed by atoms with E-state index in [1.165, 1.54) is 16.7 Å². The standard InChI is InChI=1S/C44H44N4O.Pd/c1-9-13-37-41(30-18-20-31(21-19-30)43(3,4)5)42(44(6,7)8)48(46-37)32-14-12-15-33(27-32)49-34-22-23-36-35-16-10-11-17-38(35)47(39(36)28-34)40-26-29(2)24-25-45-40;/h10-12,14-26H,9,13H2,1-8H3;/q-2;+2. The maximum absolute atomic E-state index is 6.51. The van der Waals surface area contributed by atoms with Gasteiger partial charge in [-0.25, -0.2) is 4.98 Å². The molecule has 50 heavy (non-hydrogen) atoms. The van der Waals surface area contributed by atoms with E-state index in [2.05, 4.69) is 144 Å². The van der Waals surface area contributed by atoms with Gasteiger partial charge in [-0.05, 0) is 64.7 Å². The van der Waals surface area contributed by atoms with Crippen molar-refractivity contribution in [1.29, 1.82) is 0 Å². The number of pyridine rings is 1. The minimum absolute atomic E-state index is 0. The topological polar surface area (TPSA) is 44.9 Å². The molecule has 0 aliphatic rings. The van der Waals surface area contributed by atoms with E-state index in [1.54, 1.807) is 0 Å². The number of hydrogen-bond donors (Lipinski definition) is 0. The number of fused-ring (bicyclic) bond motifs is 3.